The number of nitrogens with zero attached hydrogens (tertiary/aromatic N) is 2. The molecule has 494 valence electrons. The molecule has 0 aromatic heterocycles. The van der Waals surface area contributed by atoms with Crippen LogP contribution >= 0.6 is 0 Å². The molecule has 2 nitrogen and oxygen atoms in total. The standard InChI is InChI=1S/C100H84N2/c1-5-87-35-19-23-75(3)99(87)101(93-67-59-83(60-68-93)55-51-79-43-39-77(40-44-79)25-21-37-97(89-27-11-7-12-28-89)90-29-13-8-14-30-90)95-71-63-85(64-72-95)57-53-81-47-49-82(50-48-81)54-58-86-65-73-96(74-66-86)102(100-76(4)24-20-36-88(100)6-2)94-69-61-84(62-70-94)56-52-80-45-41-78(42-46-80)26-22-38-98(91-31-15-9-16-32-91)92-33-17-10-18-34-92/h7-74H,5-6H2,1-4H3/b25-21-,26-22-,55-51+,56-52+,57-53+,58-54+. The topological polar surface area (TPSA) is 6.48 Å². The van der Waals surface area contributed by atoms with Gasteiger partial charge in [0, 0.05) is 22.7 Å². The minimum absolute atomic E-state index is 0.929. The van der Waals surface area contributed by atoms with E-state index in [4.69, 9.17) is 0 Å². The Bertz CT molecular complexity index is 4720. The Morgan fingerprint density at radius 1 is 0.225 bits per heavy atom. The third-order valence-electron chi connectivity index (χ3n) is 18.6. The molecule has 0 aliphatic rings. The van der Waals surface area contributed by atoms with Crippen molar-refractivity contribution in [2.24, 2.45) is 0 Å². The second kappa shape index (κ2) is 33.8. The highest BCUT2D eigenvalue weighted by atomic mass is 15.2. The highest BCUT2D eigenvalue weighted by Gasteiger charge is 2.20. The van der Waals surface area contributed by atoms with Crippen LogP contribution in [0.15, 0.2) is 352 Å². The Balaban J connectivity index is 0.643. The molecule has 13 aromatic rings. The largest absolute Gasteiger partial charge is 0.310 e. The number of aryl methyl sites for hydroxylation is 4. The Kier molecular flexibility index (Phi) is 22.5. The van der Waals surface area contributed by atoms with Gasteiger partial charge in [0.1, 0.15) is 0 Å². The number of rotatable bonds is 24. The van der Waals surface area contributed by atoms with Gasteiger partial charge in [-0.3, -0.25) is 0 Å². The Hall–Kier alpha value is -12.6. The molecule has 0 fully saturated rings. The minimum atomic E-state index is 0.929. The maximum atomic E-state index is 2.41. The molecule has 0 saturated heterocycles. The summed E-state index contributed by atoms with van der Waals surface area (Å²) in [4.78, 5) is 4.82. The van der Waals surface area contributed by atoms with Gasteiger partial charge >= 0.3 is 0 Å². The lowest BCUT2D eigenvalue weighted by molar-refractivity contribution is 1.10. The smallest absolute Gasteiger partial charge is 0.0522 e. The summed E-state index contributed by atoms with van der Waals surface area (Å²) in [6.45, 7) is 8.92. The molecule has 0 atom stereocenters. The molecule has 102 heavy (non-hydrogen) atoms. The molecule has 2 heteroatoms. The molecule has 0 amide bonds. The van der Waals surface area contributed by atoms with Gasteiger partial charge in [0.05, 0.1) is 11.4 Å². The van der Waals surface area contributed by atoms with E-state index in [1.165, 1.54) is 67.0 Å². The van der Waals surface area contributed by atoms with Gasteiger partial charge in [-0.05, 0) is 187 Å². The van der Waals surface area contributed by atoms with Crippen LogP contribution in [0.3, 0.4) is 0 Å². The van der Waals surface area contributed by atoms with Crippen LogP contribution in [0.25, 0.3) is 71.9 Å². The molecule has 0 unspecified atom stereocenters. The van der Waals surface area contributed by atoms with Gasteiger partial charge in [-0.2, -0.15) is 0 Å². The van der Waals surface area contributed by atoms with Crippen molar-refractivity contribution in [1.29, 1.82) is 0 Å². The van der Waals surface area contributed by atoms with Crippen LogP contribution < -0.4 is 9.80 Å². The molecule has 0 N–H and O–H groups in total. The van der Waals surface area contributed by atoms with Gasteiger partial charge in [-0.25, -0.2) is 0 Å². The van der Waals surface area contributed by atoms with Crippen molar-refractivity contribution in [2.75, 3.05) is 9.80 Å². The molecule has 0 saturated carbocycles. The van der Waals surface area contributed by atoms with Gasteiger partial charge in [0.2, 0.25) is 0 Å². The second-order valence-electron chi connectivity index (χ2n) is 25.6. The summed E-state index contributed by atoms with van der Waals surface area (Å²) < 4.78 is 0. The van der Waals surface area contributed by atoms with Crippen molar-refractivity contribution in [3.63, 3.8) is 0 Å². The average molecular weight is 1310 g/mol. The summed E-state index contributed by atoms with van der Waals surface area (Å²) in [6.07, 6.45) is 32.5. The normalized spacial score (nSPS) is 11.6. The lowest BCUT2D eigenvalue weighted by atomic mass is 9.97. The first-order valence-corrected chi connectivity index (χ1v) is 35.5. The van der Waals surface area contributed by atoms with Crippen LogP contribution in [-0.4, -0.2) is 0 Å². The van der Waals surface area contributed by atoms with E-state index in [0.717, 1.165) is 91.2 Å². The molecule has 0 heterocycles. The van der Waals surface area contributed by atoms with Gasteiger partial charge in [0.15, 0.2) is 0 Å². The summed E-state index contributed by atoms with van der Waals surface area (Å²) in [7, 11) is 0. The van der Waals surface area contributed by atoms with E-state index in [9.17, 15) is 0 Å². The van der Waals surface area contributed by atoms with Crippen molar-refractivity contribution in [1.82, 2.24) is 0 Å². The van der Waals surface area contributed by atoms with Crippen molar-refractivity contribution in [3.05, 3.63) is 452 Å². The molecular formula is C100H84N2. The number of allylic oxidation sites excluding steroid dienone is 4. The number of benzene rings is 13. The molecule has 0 aliphatic heterocycles. The fourth-order valence-corrected chi connectivity index (χ4v) is 13.0. The zero-order chi connectivity index (χ0) is 69.7. The Labute approximate surface area is 604 Å². The average Bonchev–Trinajstić information content (AvgIpc) is 0.789. The molecule has 13 rings (SSSR count). The number of anilines is 6. The number of para-hydroxylation sites is 2. The molecule has 13 aromatic carbocycles. The van der Waals surface area contributed by atoms with E-state index in [1.54, 1.807) is 0 Å². The van der Waals surface area contributed by atoms with Crippen LogP contribution in [0.4, 0.5) is 34.1 Å². The lowest BCUT2D eigenvalue weighted by Gasteiger charge is -2.29. The van der Waals surface area contributed by atoms with Crippen LogP contribution in [0.2, 0.25) is 0 Å². The molecule has 0 spiro atoms. The molecular weight excluding hydrogens is 1230 g/mol. The highest BCUT2D eigenvalue weighted by molar-refractivity contribution is 5.87. The van der Waals surface area contributed by atoms with Crippen molar-refractivity contribution in [3.8, 4) is 0 Å². The zero-order valence-electron chi connectivity index (χ0n) is 58.6. The van der Waals surface area contributed by atoms with Crippen LogP contribution in [0.5, 0.6) is 0 Å². The minimum Gasteiger partial charge on any atom is -0.310 e. The summed E-state index contributed by atoms with van der Waals surface area (Å²) in [5.41, 5.74) is 30.7. The van der Waals surface area contributed by atoms with E-state index in [1.807, 2.05) is 0 Å². The van der Waals surface area contributed by atoms with Crippen LogP contribution in [0.1, 0.15) is 114 Å². The number of hydrogen-bond donors (Lipinski definition) is 0. The Morgan fingerprint density at radius 2 is 0.431 bits per heavy atom. The summed E-state index contributed by atoms with van der Waals surface area (Å²) in [5, 5.41) is 0. The van der Waals surface area contributed by atoms with Crippen molar-refractivity contribution < 1.29 is 0 Å². The summed E-state index contributed by atoms with van der Waals surface area (Å²) in [6, 6.07) is 117. The Morgan fingerprint density at radius 3 is 0.647 bits per heavy atom. The fraction of sp³-hybridized carbons (Fsp3) is 0.0600. The summed E-state index contributed by atoms with van der Waals surface area (Å²) in [5.74, 6) is 0. The highest BCUT2D eigenvalue weighted by Crippen LogP contribution is 2.42. The first kappa shape index (κ1) is 67.9. The molecule has 0 radical (unpaired) electrons. The van der Waals surface area contributed by atoms with Crippen molar-refractivity contribution >= 4 is 106 Å². The van der Waals surface area contributed by atoms with Gasteiger partial charge < -0.3 is 9.80 Å². The van der Waals surface area contributed by atoms with E-state index < -0.39 is 0 Å². The first-order valence-electron chi connectivity index (χ1n) is 35.5. The third kappa shape index (κ3) is 17.4. The quantitative estimate of drug-likeness (QED) is 0.0439. The van der Waals surface area contributed by atoms with Crippen molar-refractivity contribution in [2.45, 2.75) is 40.5 Å². The predicted octanol–water partition coefficient (Wildman–Crippen LogP) is 27.3. The van der Waals surface area contributed by atoms with Crippen LogP contribution in [0, 0.1) is 13.8 Å². The zero-order valence-corrected chi connectivity index (χ0v) is 58.6. The molecule has 0 bridgehead atoms. The van der Waals surface area contributed by atoms with E-state index >= 15 is 0 Å². The van der Waals surface area contributed by atoms with Gasteiger partial charge in [0.25, 0.3) is 0 Å². The maximum Gasteiger partial charge on any atom is 0.0522 e. The fourth-order valence-electron chi connectivity index (χ4n) is 13.0. The van der Waals surface area contributed by atoms with Gasteiger partial charge in [-0.1, -0.05) is 378 Å². The molecule has 0 aliphatic carbocycles. The number of hydrogen-bond acceptors (Lipinski definition) is 2. The van der Waals surface area contributed by atoms with Gasteiger partial charge in [-0.15, -0.1) is 0 Å². The van der Waals surface area contributed by atoms with Crippen LogP contribution in [-0.2, 0) is 12.8 Å². The third-order valence-corrected chi connectivity index (χ3v) is 18.6. The second-order valence-corrected chi connectivity index (χ2v) is 25.6. The maximum absolute atomic E-state index is 2.41. The first-order chi connectivity index (χ1) is 50.3. The monoisotopic (exact) mass is 1310 g/mol. The summed E-state index contributed by atoms with van der Waals surface area (Å²) >= 11 is 0. The lowest BCUT2D eigenvalue weighted by Crippen LogP contribution is -2.13. The van der Waals surface area contributed by atoms with E-state index in [-0.39, 0.29) is 0 Å². The van der Waals surface area contributed by atoms with E-state index in [0.29, 0.717) is 0 Å². The SMILES string of the molecule is CCc1cccc(C)c1N(c1ccc(/C=C/c2ccc(/C=C\C=C(c3ccccc3)c3ccccc3)cc2)cc1)c1ccc(/C=C/c2ccc(/C=C/c3ccc(N(c4ccc(/C=C/c5ccc(/C=C\C=C(c6ccccc6)c6ccccc6)cc5)cc4)c4c(C)cccc4CC)cc3)cc2)cc1. The van der Waals surface area contributed by atoms with E-state index in [2.05, 4.69) is 450 Å². The predicted molar refractivity (Wildman–Crippen MR) is 444 cm³/mol.